The van der Waals surface area contributed by atoms with E-state index in [1.54, 1.807) is 0 Å². The minimum atomic E-state index is 0.0301. The van der Waals surface area contributed by atoms with E-state index in [0.717, 1.165) is 107 Å². The molecule has 0 aliphatic carbocycles. The van der Waals surface area contributed by atoms with Crippen LogP contribution in [0.4, 0.5) is 15.3 Å². The number of fused-ring (bicyclic) bond motifs is 2. The highest BCUT2D eigenvalue weighted by Crippen LogP contribution is 2.34. The van der Waals surface area contributed by atoms with E-state index in [2.05, 4.69) is 90.3 Å². The Kier molecular flexibility index (Phi) is 13.1. The fourth-order valence-electron chi connectivity index (χ4n) is 10.1. The second-order valence-corrected chi connectivity index (χ2v) is 18.3. The standard InChI is InChI=1S/C29H33N5O2.C24H27N5O/c35-29(30-17-22-6-2-1-3-7-22)33-13-11-23(20-33)19-32-14-12-25-16-24(9-10-27(25)32)26-18-31-34(21-26)28-8-4-5-15-36-28;30-24(25-13-18-4-2-1-3-5-18)29-10-8-19(17-29)16-28-11-9-21-12-20(6-7-23(21)28)22-14-26-27-15-22/h1-3,6-7,9-10,12,14,16,18,21,23,28H,4-5,8,11,13,15,17,19-20H2,(H,30,35);1-7,12,14-15,19H,8-11,13,16-17H2,(H,25,30)(H,26,27). The summed E-state index contributed by atoms with van der Waals surface area (Å²) in [5, 5.41) is 18.9. The molecule has 3 N–H and O–H groups in total. The number of hydrogen-bond donors (Lipinski definition) is 3. The van der Waals surface area contributed by atoms with Gasteiger partial charge in [-0.15, -0.1) is 0 Å². The molecule has 3 atom stereocenters. The van der Waals surface area contributed by atoms with E-state index in [9.17, 15) is 9.59 Å². The molecule has 4 aliphatic rings. The lowest BCUT2D eigenvalue weighted by atomic mass is 10.0. The monoisotopic (exact) mass is 884 g/mol. The summed E-state index contributed by atoms with van der Waals surface area (Å²) in [7, 11) is 0. The number of rotatable bonds is 11. The number of nitrogens with one attached hydrogen (secondary N) is 3. The Morgan fingerprint density at radius 2 is 1.39 bits per heavy atom. The number of nitrogens with zero attached hydrogens (tertiary/aromatic N) is 7. The molecule has 3 saturated heterocycles. The minimum Gasteiger partial charge on any atom is -0.371 e. The lowest BCUT2D eigenvalue weighted by Crippen LogP contribution is -2.39. The molecule has 66 heavy (non-hydrogen) atoms. The number of hydrogen-bond acceptors (Lipinski definition) is 6. The van der Waals surface area contributed by atoms with Crippen LogP contribution in [0.3, 0.4) is 0 Å². The van der Waals surface area contributed by atoms with Crippen LogP contribution in [0.15, 0.2) is 134 Å². The Morgan fingerprint density at radius 3 is 2.08 bits per heavy atom. The molecule has 0 saturated carbocycles. The van der Waals surface area contributed by atoms with Crippen LogP contribution in [0.5, 0.6) is 0 Å². The molecule has 4 aromatic carbocycles. The van der Waals surface area contributed by atoms with Crippen molar-refractivity contribution in [1.82, 2.24) is 45.0 Å². The first kappa shape index (κ1) is 43.1. The van der Waals surface area contributed by atoms with E-state index in [4.69, 9.17) is 4.74 Å². The van der Waals surface area contributed by atoms with E-state index in [0.29, 0.717) is 24.9 Å². The third-order valence-electron chi connectivity index (χ3n) is 13.7. The fourth-order valence-corrected chi connectivity index (χ4v) is 10.1. The minimum absolute atomic E-state index is 0.0301. The lowest BCUT2D eigenvalue weighted by Gasteiger charge is -2.24. The second kappa shape index (κ2) is 20.1. The molecule has 7 heterocycles. The van der Waals surface area contributed by atoms with Crippen molar-refractivity contribution < 1.29 is 14.3 Å². The average molecular weight is 885 g/mol. The van der Waals surface area contributed by atoms with Gasteiger partial charge in [-0.05, 0) is 109 Å². The first-order valence-electron chi connectivity index (χ1n) is 23.7. The molecule has 13 heteroatoms. The summed E-state index contributed by atoms with van der Waals surface area (Å²) in [5.74, 6) is 0.975. The number of ether oxygens (including phenoxy) is 1. The van der Waals surface area contributed by atoms with Crippen molar-refractivity contribution in [2.45, 2.75) is 64.4 Å². The molecule has 3 aromatic heterocycles. The summed E-state index contributed by atoms with van der Waals surface area (Å²) < 4.78 is 10.2. The molecule has 3 unspecified atom stereocenters. The quantitative estimate of drug-likeness (QED) is 0.119. The van der Waals surface area contributed by atoms with Crippen molar-refractivity contribution in [3.05, 3.63) is 151 Å². The molecular weight excluding hydrogens is 825 g/mol. The van der Waals surface area contributed by atoms with Gasteiger partial charge in [-0.3, -0.25) is 5.10 Å². The van der Waals surface area contributed by atoms with Gasteiger partial charge in [-0.1, -0.05) is 72.8 Å². The van der Waals surface area contributed by atoms with Crippen molar-refractivity contribution in [2.24, 2.45) is 11.8 Å². The molecule has 0 bridgehead atoms. The summed E-state index contributed by atoms with van der Waals surface area (Å²) in [5.41, 5.74) is 10.9. The molecule has 0 radical (unpaired) electrons. The smallest absolute Gasteiger partial charge is 0.317 e. The van der Waals surface area contributed by atoms with Crippen molar-refractivity contribution >= 4 is 28.7 Å². The lowest BCUT2D eigenvalue weighted by molar-refractivity contribution is -0.0394. The highest BCUT2D eigenvalue weighted by atomic mass is 16.5. The Balaban J connectivity index is 0.000000158. The van der Waals surface area contributed by atoms with E-state index >= 15 is 0 Å². The number of carbonyl (C=O) groups excluding carboxylic acids is 2. The number of likely N-dealkylation sites (tertiary alicyclic amines) is 2. The van der Waals surface area contributed by atoms with Crippen LogP contribution in [0.1, 0.15) is 55.0 Å². The summed E-state index contributed by atoms with van der Waals surface area (Å²) in [6.07, 6.45) is 16.6. The molecule has 3 fully saturated rings. The normalized spacial score (nSPS) is 19.2. The third kappa shape index (κ3) is 10.2. The van der Waals surface area contributed by atoms with Gasteiger partial charge in [0, 0.05) is 112 Å². The number of urea groups is 2. The fraction of sp³-hybridized carbons (Fsp3) is 0.358. The van der Waals surface area contributed by atoms with Crippen LogP contribution in [0, 0.1) is 11.8 Å². The van der Waals surface area contributed by atoms with Gasteiger partial charge in [-0.25, -0.2) is 14.3 Å². The zero-order valence-corrected chi connectivity index (χ0v) is 37.6. The predicted octanol–water partition coefficient (Wildman–Crippen LogP) is 9.11. The number of H-pyrrole nitrogens is 1. The maximum Gasteiger partial charge on any atom is 0.317 e. The number of anilines is 1. The molecule has 13 nitrogen and oxygen atoms in total. The van der Waals surface area contributed by atoms with Gasteiger partial charge in [0.2, 0.25) is 0 Å². The van der Waals surface area contributed by atoms with Crippen molar-refractivity contribution in [3.63, 3.8) is 0 Å². The van der Waals surface area contributed by atoms with Gasteiger partial charge >= 0.3 is 12.1 Å². The van der Waals surface area contributed by atoms with Gasteiger partial charge in [-0.2, -0.15) is 10.2 Å². The topological polar surface area (TPSA) is 129 Å². The van der Waals surface area contributed by atoms with E-state index in [1.165, 1.54) is 39.7 Å². The van der Waals surface area contributed by atoms with Crippen LogP contribution in [-0.2, 0) is 30.8 Å². The molecule has 0 spiro atoms. The molecular formula is C53H60N10O3. The Labute approximate surface area is 386 Å². The van der Waals surface area contributed by atoms with Crippen molar-refractivity contribution in [2.75, 3.05) is 50.8 Å². The number of carbonyl (C=O) groups is 2. The number of aromatic nitrogens is 5. The van der Waals surface area contributed by atoms with Gasteiger partial charge < -0.3 is 34.6 Å². The first-order chi connectivity index (χ1) is 32.5. The molecule has 4 aliphatic heterocycles. The van der Waals surface area contributed by atoms with Crippen LogP contribution in [-0.4, -0.2) is 92.3 Å². The van der Waals surface area contributed by atoms with Crippen molar-refractivity contribution in [3.8, 4) is 22.3 Å². The van der Waals surface area contributed by atoms with E-state index < -0.39 is 0 Å². The highest BCUT2D eigenvalue weighted by Gasteiger charge is 2.30. The van der Waals surface area contributed by atoms with Crippen LogP contribution >= 0.6 is 0 Å². The Morgan fingerprint density at radius 1 is 0.697 bits per heavy atom. The zero-order valence-electron chi connectivity index (χ0n) is 37.6. The van der Waals surface area contributed by atoms with Crippen LogP contribution < -0.4 is 15.5 Å². The number of aromatic amines is 1. The highest BCUT2D eigenvalue weighted by molar-refractivity contribution is 5.85. The van der Waals surface area contributed by atoms with E-state index in [1.807, 2.05) is 93.7 Å². The number of benzene rings is 4. The SMILES string of the molecule is O=C(NCc1ccccc1)N1CCC(CN2CCc3cc(-c4cn[nH]c4)ccc32)C1.O=C(NCc1ccccc1)N1CCC(Cn2ccc3cc(-c4cnn(C5CCCCO5)c4)ccc32)C1. The second-order valence-electron chi connectivity index (χ2n) is 18.3. The Bertz CT molecular complexity index is 2690. The average Bonchev–Trinajstić information content (AvgIpc) is 4.24. The molecule has 340 valence electrons. The van der Waals surface area contributed by atoms with Gasteiger partial charge in [0.05, 0.1) is 12.4 Å². The maximum absolute atomic E-state index is 12.6. The van der Waals surface area contributed by atoms with Gasteiger partial charge in [0.25, 0.3) is 0 Å². The van der Waals surface area contributed by atoms with E-state index in [-0.39, 0.29) is 18.3 Å². The Hall–Kier alpha value is -6.86. The predicted molar refractivity (Wildman–Crippen MR) is 259 cm³/mol. The number of amides is 4. The molecule has 11 rings (SSSR count). The summed E-state index contributed by atoms with van der Waals surface area (Å²) in [6, 6.07) is 35.7. The summed E-state index contributed by atoms with van der Waals surface area (Å²) in [4.78, 5) is 31.6. The third-order valence-corrected chi connectivity index (χ3v) is 13.7. The molecule has 4 amide bonds. The van der Waals surface area contributed by atoms with Gasteiger partial charge in [0.15, 0.2) is 0 Å². The van der Waals surface area contributed by atoms with Crippen molar-refractivity contribution in [1.29, 1.82) is 0 Å². The summed E-state index contributed by atoms with van der Waals surface area (Å²) in [6.45, 7) is 8.23. The van der Waals surface area contributed by atoms with Crippen LogP contribution in [0.25, 0.3) is 33.2 Å². The zero-order chi connectivity index (χ0) is 44.7. The largest absolute Gasteiger partial charge is 0.371 e. The van der Waals surface area contributed by atoms with Crippen LogP contribution in [0.2, 0.25) is 0 Å². The first-order valence-corrected chi connectivity index (χ1v) is 23.7. The molecule has 7 aromatic rings. The van der Waals surface area contributed by atoms with Gasteiger partial charge in [0.1, 0.15) is 6.23 Å². The summed E-state index contributed by atoms with van der Waals surface area (Å²) >= 11 is 0. The maximum atomic E-state index is 12.6.